The van der Waals surface area contributed by atoms with Crippen LogP contribution < -0.4 is 11.3 Å². The quantitative estimate of drug-likeness (QED) is 0.595. The van der Waals surface area contributed by atoms with Gasteiger partial charge in [-0.25, -0.2) is 4.98 Å². The van der Waals surface area contributed by atoms with Gasteiger partial charge in [-0.2, -0.15) is 4.98 Å². The number of fused-ring (bicyclic) bond motifs is 1. The second kappa shape index (κ2) is 3.54. The number of hydrogen-bond acceptors (Lipinski definition) is 5. The van der Waals surface area contributed by atoms with Crippen LogP contribution in [0.3, 0.4) is 0 Å². The van der Waals surface area contributed by atoms with Crippen molar-refractivity contribution in [2.75, 3.05) is 12.3 Å². The van der Waals surface area contributed by atoms with Crippen LogP contribution in [-0.4, -0.2) is 31.2 Å². The van der Waals surface area contributed by atoms with Crippen molar-refractivity contribution < 1.29 is 5.11 Å². The molecule has 4 N–H and O–H groups in total. The molecule has 0 aromatic carbocycles. The fraction of sp³-hybridized carbons (Fsp3) is 0.125. The normalized spacial score (nSPS) is 11.5. The van der Waals surface area contributed by atoms with E-state index in [1.807, 2.05) is 0 Å². The van der Waals surface area contributed by atoms with Crippen molar-refractivity contribution in [2.24, 2.45) is 0 Å². The maximum Gasteiger partial charge on any atom is 0.280 e. The van der Waals surface area contributed by atoms with Gasteiger partial charge in [-0.3, -0.25) is 14.3 Å². The number of aliphatic hydroxyl groups is 1. The van der Waals surface area contributed by atoms with Gasteiger partial charge in [0.2, 0.25) is 5.95 Å². The van der Waals surface area contributed by atoms with Crippen molar-refractivity contribution >= 4 is 23.3 Å². The van der Waals surface area contributed by atoms with Crippen LogP contribution in [0.15, 0.2) is 17.2 Å². The largest absolute Gasteiger partial charge is 0.392 e. The fourth-order valence-electron chi connectivity index (χ4n) is 1.21. The molecule has 2 rings (SSSR count). The third-order valence-electron chi connectivity index (χ3n) is 1.82. The van der Waals surface area contributed by atoms with Crippen molar-refractivity contribution in [3.63, 3.8) is 0 Å². The van der Waals surface area contributed by atoms with Gasteiger partial charge < -0.3 is 10.8 Å². The zero-order valence-corrected chi connectivity index (χ0v) is 7.71. The fourth-order valence-corrected chi connectivity index (χ4v) is 1.21. The molecule has 0 saturated heterocycles. The number of hydrogen-bond donors (Lipinski definition) is 3. The summed E-state index contributed by atoms with van der Waals surface area (Å²) in [7, 11) is 0. The van der Waals surface area contributed by atoms with Gasteiger partial charge in [0.25, 0.3) is 5.56 Å². The summed E-state index contributed by atoms with van der Waals surface area (Å²) in [5.41, 5.74) is 5.60. The Labute approximate surface area is 83.9 Å². The Morgan fingerprint density at radius 3 is 3.20 bits per heavy atom. The summed E-state index contributed by atoms with van der Waals surface area (Å²) in [4.78, 5) is 21.5. The highest BCUT2D eigenvalue weighted by Crippen LogP contribution is 2.06. The van der Waals surface area contributed by atoms with E-state index >= 15 is 0 Å². The van der Waals surface area contributed by atoms with Gasteiger partial charge in [0, 0.05) is 6.20 Å². The summed E-state index contributed by atoms with van der Waals surface area (Å²) in [6.07, 6.45) is 4.49. The highest BCUT2D eigenvalue weighted by atomic mass is 16.2. The number of nitrogens with two attached hydrogens (primary N) is 1. The number of H-pyrrole nitrogens is 1. The third kappa shape index (κ3) is 1.59. The summed E-state index contributed by atoms with van der Waals surface area (Å²) >= 11 is 0. The van der Waals surface area contributed by atoms with E-state index in [0.717, 1.165) is 0 Å². The van der Waals surface area contributed by atoms with Crippen molar-refractivity contribution in [3.8, 4) is 0 Å². The zero-order chi connectivity index (χ0) is 10.8. The Morgan fingerprint density at radius 2 is 2.47 bits per heavy atom. The summed E-state index contributed by atoms with van der Waals surface area (Å²) in [5.74, 6) is 0.0339. The first kappa shape index (κ1) is 9.41. The SMILES string of the molecule is Nc1nc2c(ncn2C=CCO)c(=O)[nH]1. The summed E-state index contributed by atoms with van der Waals surface area (Å²) in [5, 5.41) is 8.61. The molecule has 0 aliphatic heterocycles. The lowest BCUT2D eigenvalue weighted by Crippen LogP contribution is -2.11. The molecule has 7 heteroatoms. The molecule has 78 valence electrons. The van der Waals surface area contributed by atoms with Crippen molar-refractivity contribution in [1.82, 2.24) is 19.5 Å². The summed E-state index contributed by atoms with van der Waals surface area (Å²) in [6.45, 7) is -0.0989. The molecule has 15 heavy (non-hydrogen) atoms. The Hall–Kier alpha value is -2.15. The number of aromatic nitrogens is 4. The predicted octanol–water partition coefficient (Wildman–Crippen LogP) is -0.835. The molecule has 0 atom stereocenters. The third-order valence-corrected chi connectivity index (χ3v) is 1.82. The van der Waals surface area contributed by atoms with Gasteiger partial charge in [0.1, 0.15) is 6.33 Å². The minimum atomic E-state index is -0.381. The van der Waals surface area contributed by atoms with Crippen LogP contribution in [-0.2, 0) is 0 Å². The molecular formula is C8H9N5O2. The van der Waals surface area contributed by atoms with Gasteiger partial charge in [0.15, 0.2) is 11.2 Å². The maximum atomic E-state index is 11.4. The molecule has 0 fully saturated rings. The highest BCUT2D eigenvalue weighted by Gasteiger charge is 2.06. The lowest BCUT2D eigenvalue weighted by atomic mass is 10.5. The maximum absolute atomic E-state index is 11.4. The summed E-state index contributed by atoms with van der Waals surface area (Å²) < 4.78 is 1.51. The number of nitrogen functional groups attached to an aromatic ring is 1. The van der Waals surface area contributed by atoms with Crippen LogP contribution in [0.5, 0.6) is 0 Å². The van der Waals surface area contributed by atoms with E-state index in [1.165, 1.54) is 17.0 Å². The summed E-state index contributed by atoms with van der Waals surface area (Å²) in [6, 6.07) is 0. The lowest BCUT2D eigenvalue weighted by Gasteiger charge is -1.95. The van der Waals surface area contributed by atoms with Crippen LogP contribution in [0.2, 0.25) is 0 Å². The Kier molecular flexibility index (Phi) is 2.22. The Balaban J connectivity index is 2.69. The molecule has 2 heterocycles. The first-order chi connectivity index (χ1) is 7.22. The van der Waals surface area contributed by atoms with Crippen molar-refractivity contribution in [3.05, 3.63) is 22.8 Å². The molecule has 2 aromatic heterocycles. The van der Waals surface area contributed by atoms with Gasteiger partial charge in [-0.1, -0.05) is 0 Å². The molecular weight excluding hydrogens is 198 g/mol. The van der Waals surface area contributed by atoms with E-state index in [4.69, 9.17) is 10.8 Å². The number of anilines is 1. The van der Waals surface area contributed by atoms with E-state index in [0.29, 0.717) is 5.65 Å². The first-order valence-electron chi connectivity index (χ1n) is 4.22. The van der Waals surface area contributed by atoms with Crippen molar-refractivity contribution in [2.45, 2.75) is 0 Å². The molecule has 0 saturated carbocycles. The van der Waals surface area contributed by atoms with E-state index in [9.17, 15) is 4.79 Å². The van der Waals surface area contributed by atoms with Crippen LogP contribution in [0.4, 0.5) is 5.95 Å². The first-order valence-corrected chi connectivity index (χ1v) is 4.22. The van der Waals surface area contributed by atoms with Crippen LogP contribution in [0.1, 0.15) is 0 Å². The molecule has 0 spiro atoms. The van der Waals surface area contributed by atoms with E-state index in [1.54, 1.807) is 6.20 Å². The number of nitrogens with one attached hydrogen (secondary N) is 1. The van der Waals surface area contributed by atoms with Crippen molar-refractivity contribution in [1.29, 1.82) is 0 Å². The number of aromatic amines is 1. The molecule has 0 aliphatic carbocycles. The lowest BCUT2D eigenvalue weighted by molar-refractivity contribution is 0.343. The standard InChI is InChI=1S/C8H9N5O2/c9-8-11-6-5(7(15)12-8)10-4-13(6)2-1-3-14/h1-2,4,14H,3H2,(H3,9,11,12,15). The second-order valence-corrected chi connectivity index (χ2v) is 2.84. The number of imidazole rings is 1. The molecule has 7 nitrogen and oxygen atoms in total. The van der Waals surface area contributed by atoms with Gasteiger partial charge in [-0.05, 0) is 6.08 Å². The molecule has 0 radical (unpaired) electrons. The highest BCUT2D eigenvalue weighted by molar-refractivity contribution is 5.72. The molecule has 0 aliphatic rings. The van der Waals surface area contributed by atoms with E-state index < -0.39 is 0 Å². The van der Waals surface area contributed by atoms with Crippen LogP contribution in [0.25, 0.3) is 17.4 Å². The molecule has 0 unspecified atom stereocenters. The Bertz CT molecular complexity index is 568. The van der Waals surface area contributed by atoms with Crippen LogP contribution >= 0.6 is 0 Å². The number of aliphatic hydroxyl groups excluding tert-OH is 1. The van der Waals surface area contributed by atoms with Crippen LogP contribution in [0, 0.1) is 0 Å². The Morgan fingerprint density at radius 1 is 1.67 bits per heavy atom. The predicted molar refractivity (Wildman–Crippen MR) is 55.0 cm³/mol. The average Bonchev–Trinajstić information content (AvgIpc) is 2.58. The van der Waals surface area contributed by atoms with Gasteiger partial charge in [0.05, 0.1) is 6.61 Å². The topological polar surface area (TPSA) is 110 Å². The molecule has 2 aromatic rings. The second-order valence-electron chi connectivity index (χ2n) is 2.84. The number of nitrogens with zero attached hydrogens (tertiary/aromatic N) is 3. The number of rotatable bonds is 2. The van der Waals surface area contributed by atoms with Gasteiger partial charge in [-0.15, -0.1) is 0 Å². The van der Waals surface area contributed by atoms with E-state index in [2.05, 4.69) is 15.0 Å². The zero-order valence-electron chi connectivity index (χ0n) is 7.71. The van der Waals surface area contributed by atoms with Gasteiger partial charge >= 0.3 is 0 Å². The monoisotopic (exact) mass is 207 g/mol. The minimum Gasteiger partial charge on any atom is -0.392 e. The minimum absolute atomic E-state index is 0.0339. The molecule has 0 amide bonds. The average molecular weight is 207 g/mol. The smallest absolute Gasteiger partial charge is 0.280 e. The molecule has 0 bridgehead atoms. The van der Waals surface area contributed by atoms with E-state index in [-0.39, 0.29) is 23.6 Å².